The molecule has 27 heavy (non-hydrogen) atoms. The Balaban J connectivity index is 1.60. The fourth-order valence-corrected chi connectivity index (χ4v) is 3.72. The molecule has 2 heterocycles. The summed E-state index contributed by atoms with van der Waals surface area (Å²) in [5.74, 6) is 0.386. The third-order valence-electron chi connectivity index (χ3n) is 5.07. The molecule has 4 rings (SSSR count). The molecule has 3 aromatic rings. The predicted molar refractivity (Wildman–Crippen MR) is 102 cm³/mol. The molecule has 0 spiro atoms. The summed E-state index contributed by atoms with van der Waals surface area (Å²) in [5.41, 5.74) is 1.87. The van der Waals surface area contributed by atoms with Gasteiger partial charge in [-0.1, -0.05) is 49.6 Å². The lowest BCUT2D eigenvalue weighted by Crippen LogP contribution is -2.40. The molecule has 0 unspecified atom stereocenters. The minimum Gasteiger partial charge on any atom is -0.352 e. The number of rotatable bonds is 4. The maximum atomic E-state index is 12.7. The topological polar surface area (TPSA) is 81.3 Å². The third-order valence-corrected chi connectivity index (χ3v) is 5.07. The first kappa shape index (κ1) is 17.5. The Labute approximate surface area is 157 Å². The standard InChI is InChI=1S/C20H23N5O2/c1-14-21-17(15-8-4-2-5-9-15)12-18-23-24(20(27)25(14)18)13-19(26)22-16-10-6-3-7-11-16/h2,4-5,8-9,12,16H,3,6-7,10-11,13H2,1H3,(H,22,26). The van der Waals surface area contributed by atoms with Crippen molar-refractivity contribution >= 4 is 11.6 Å². The number of carbonyl (C=O) groups excluding carboxylic acids is 1. The number of carbonyl (C=O) groups is 1. The van der Waals surface area contributed by atoms with Gasteiger partial charge in [0.05, 0.1) is 5.69 Å². The highest BCUT2D eigenvalue weighted by molar-refractivity contribution is 5.76. The molecular formula is C20H23N5O2. The van der Waals surface area contributed by atoms with Crippen molar-refractivity contribution in [3.8, 4) is 11.3 Å². The fraction of sp³-hybridized carbons (Fsp3) is 0.400. The van der Waals surface area contributed by atoms with Crippen LogP contribution in [0, 0.1) is 6.92 Å². The largest absolute Gasteiger partial charge is 0.352 e. The number of aromatic nitrogens is 4. The molecule has 1 aliphatic rings. The zero-order valence-corrected chi connectivity index (χ0v) is 15.4. The SMILES string of the molecule is Cc1nc(-c2ccccc2)cc2nn(CC(=O)NC3CCCCC3)c(=O)n12. The van der Waals surface area contributed by atoms with Crippen molar-refractivity contribution in [2.24, 2.45) is 0 Å². The molecule has 1 aliphatic carbocycles. The number of hydrogen-bond donors (Lipinski definition) is 1. The zero-order valence-electron chi connectivity index (χ0n) is 15.4. The van der Waals surface area contributed by atoms with Crippen LogP contribution in [0.5, 0.6) is 0 Å². The van der Waals surface area contributed by atoms with Crippen molar-refractivity contribution in [1.29, 1.82) is 0 Å². The van der Waals surface area contributed by atoms with Crippen molar-refractivity contribution in [3.05, 3.63) is 52.7 Å². The van der Waals surface area contributed by atoms with Gasteiger partial charge < -0.3 is 5.32 Å². The quantitative estimate of drug-likeness (QED) is 0.769. The maximum absolute atomic E-state index is 12.7. The molecule has 2 aromatic heterocycles. The first-order valence-electron chi connectivity index (χ1n) is 9.44. The molecule has 0 saturated heterocycles. The minimum absolute atomic E-state index is 0.0723. The van der Waals surface area contributed by atoms with Crippen molar-refractivity contribution in [2.45, 2.75) is 51.6 Å². The molecule has 1 fully saturated rings. The molecule has 7 heteroatoms. The summed E-state index contributed by atoms with van der Waals surface area (Å²) in [6, 6.07) is 11.7. The maximum Gasteiger partial charge on any atom is 0.352 e. The average Bonchev–Trinajstić information content (AvgIpc) is 2.99. The van der Waals surface area contributed by atoms with Crippen molar-refractivity contribution in [1.82, 2.24) is 24.5 Å². The van der Waals surface area contributed by atoms with Gasteiger partial charge in [-0.25, -0.2) is 18.9 Å². The summed E-state index contributed by atoms with van der Waals surface area (Å²) in [5, 5.41) is 7.39. The van der Waals surface area contributed by atoms with Crippen LogP contribution in [-0.2, 0) is 11.3 Å². The van der Waals surface area contributed by atoms with E-state index in [1.165, 1.54) is 15.5 Å². The fourth-order valence-electron chi connectivity index (χ4n) is 3.72. The minimum atomic E-state index is -0.339. The van der Waals surface area contributed by atoms with E-state index < -0.39 is 0 Å². The normalized spacial score (nSPS) is 15.1. The lowest BCUT2D eigenvalue weighted by atomic mass is 9.95. The average molecular weight is 365 g/mol. The second-order valence-electron chi connectivity index (χ2n) is 7.09. The van der Waals surface area contributed by atoms with E-state index in [-0.39, 0.29) is 24.2 Å². The number of nitrogens with zero attached hydrogens (tertiary/aromatic N) is 4. The molecule has 1 aromatic carbocycles. The number of aryl methyl sites for hydroxylation is 1. The van der Waals surface area contributed by atoms with Gasteiger partial charge in [0.1, 0.15) is 12.4 Å². The highest BCUT2D eigenvalue weighted by Gasteiger charge is 2.18. The summed E-state index contributed by atoms with van der Waals surface area (Å²) >= 11 is 0. The number of benzene rings is 1. The van der Waals surface area contributed by atoms with E-state index in [4.69, 9.17) is 0 Å². The lowest BCUT2D eigenvalue weighted by Gasteiger charge is -2.22. The molecule has 1 N–H and O–H groups in total. The van der Waals surface area contributed by atoms with Gasteiger partial charge in [-0.2, -0.15) is 0 Å². The van der Waals surface area contributed by atoms with Crippen LogP contribution < -0.4 is 11.0 Å². The lowest BCUT2D eigenvalue weighted by molar-refractivity contribution is -0.122. The molecule has 7 nitrogen and oxygen atoms in total. The number of fused-ring (bicyclic) bond motifs is 1. The van der Waals surface area contributed by atoms with Gasteiger partial charge in [0, 0.05) is 17.7 Å². The Kier molecular flexibility index (Phi) is 4.75. The first-order chi connectivity index (χ1) is 13.1. The first-order valence-corrected chi connectivity index (χ1v) is 9.44. The summed E-state index contributed by atoms with van der Waals surface area (Å²) in [4.78, 5) is 29.5. The molecular weight excluding hydrogens is 342 g/mol. The van der Waals surface area contributed by atoms with E-state index >= 15 is 0 Å². The van der Waals surface area contributed by atoms with E-state index in [1.807, 2.05) is 30.3 Å². The molecule has 0 atom stereocenters. The number of hydrogen-bond acceptors (Lipinski definition) is 4. The number of amides is 1. The van der Waals surface area contributed by atoms with Gasteiger partial charge in [-0.15, -0.1) is 5.10 Å². The predicted octanol–water partition coefficient (Wildman–Crippen LogP) is 2.32. The smallest absolute Gasteiger partial charge is 0.352 e. The van der Waals surface area contributed by atoms with Gasteiger partial charge in [-0.05, 0) is 19.8 Å². The Bertz CT molecular complexity index is 1020. The highest BCUT2D eigenvalue weighted by Crippen LogP contribution is 2.18. The molecule has 140 valence electrons. The second kappa shape index (κ2) is 7.34. The van der Waals surface area contributed by atoms with Crippen LogP contribution in [0.25, 0.3) is 16.9 Å². The van der Waals surface area contributed by atoms with Gasteiger partial charge in [-0.3, -0.25) is 4.79 Å². The van der Waals surface area contributed by atoms with E-state index in [0.717, 1.165) is 36.9 Å². The van der Waals surface area contributed by atoms with E-state index in [9.17, 15) is 9.59 Å². The van der Waals surface area contributed by atoms with E-state index in [2.05, 4.69) is 15.4 Å². The van der Waals surface area contributed by atoms with Crippen LogP contribution in [0.4, 0.5) is 0 Å². The molecule has 1 saturated carbocycles. The monoisotopic (exact) mass is 365 g/mol. The Morgan fingerprint density at radius 1 is 1.19 bits per heavy atom. The summed E-state index contributed by atoms with van der Waals surface area (Å²) in [7, 11) is 0. The van der Waals surface area contributed by atoms with Crippen LogP contribution in [0.3, 0.4) is 0 Å². The number of nitrogens with one attached hydrogen (secondary N) is 1. The van der Waals surface area contributed by atoms with Gasteiger partial charge in [0.15, 0.2) is 5.65 Å². The van der Waals surface area contributed by atoms with Gasteiger partial charge in [0.25, 0.3) is 0 Å². The van der Waals surface area contributed by atoms with Crippen molar-refractivity contribution < 1.29 is 4.79 Å². The van der Waals surface area contributed by atoms with Crippen LogP contribution in [0.15, 0.2) is 41.2 Å². The van der Waals surface area contributed by atoms with Crippen LogP contribution in [0.2, 0.25) is 0 Å². The molecule has 0 aliphatic heterocycles. The summed E-state index contributed by atoms with van der Waals surface area (Å²) in [6.45, 7) is 1.70. The van der Waals surface area contributed by atoms with E-state index in [1.54, 1.807) is 13.0 Å². The Morgan fingerprint density at radius 3 is 2.67 bits per heavy atom. The van der Waals surface area contributed by atoms with Crippen molar-refractivity contribution in [2.75, 3.05) is 0 Å². The summed E-state index contributed by atoms with van der Waals surface area (Å²) in [6.07, 6.45) is 5.54. The molecule has 0 radical (unpaired) electrons. The van der Waals surface area contributed by atoms with Crippen LogP contribution in [0.1, 0.15) is 37.9 Å². The van der Waals surface area contributed by atoms with Gasteiger partial charge >= 0.3 is 5.69 Å². The Hall–Kier alpha value is -2.96. The van der Waals surface area contributed by atoms with Gasteiger partial charge in [0.2, 0.25) is 5.91 Å². The molecule has 1 amide bonds. The van der Waals surface area contributed by atoms with E-state index in [0.29, 0.717) is 11.5 Å². The van der Waals surface area contributed by atoms with Crippen LogP contribution >= 0.6 is 0 Å². The second-order valence-corrected chi connectivity index (χ2v) is 7.09. The molecule has 0 bridgehead atoms. The Morgan fingerprint density at radius 2 is 1.93 bits per heavy atom. The summed E-state index contributed by atoms with van der Waals surface area (Å²) < 4.78 is 2.66. The highest BCUT2D eigenvalue weighted by atomic mass is 16.2. The van der Waals surface area contributed by atoms with Crippen molar-refractivity contribution in [3.63, 3.8) is 0 Å². The third kappa shape index (κ3) is 3.63. The zero-order chi connectivity index (χ0) is 18.8. The van der Waals surface area contributed by atoms with Crippen LogP contribution in [-0.4, -0.2) is 31.1 Å².